The van der Waals surface area contributed by atoms with Gasteiger partial charge in [0.2, 0.25) is 0 Å². The van der Waals surface area contributed by atoms with Gasteiger partial charge in [0.15, 0.2) is 0 Å². The summed E-state index contributed by atoms with van der Waals surface area (Å²) in [6.45, 7) is 5.69. The van der Waals surface area contributed by atoms with E-state index in [1.807, 2.05) is 0 Å². The summed E-state index contributed by atoms with van der Waals surface area (Å²) in [6, 6.07) is 9.01. The predicted octanol–water partition coefficient (Wildman–Crippen LogP) is 3.85. The fourth-order valence-electron chi connectivity index (χ4n) is 2.86. The van der Waals surface area contributed by atoms with E-state index in [0.717, 1.165) is 0 Å². The lowest BCUT2D eigenvalue weighted by Crippen LogP contribution is -2.48. The first-order valence-corrected chi connectivity index (χ1v) is 7.05. The molecule has 0 spiro atoms. The first-order valence-electron chi connectivity index (χ1n) is 7.05. The van der Waals surface area contributed by atoms with Crippen LogP contribution < -0.4 is 5.32 Å². The minimum atomic E-state index is 0.420. The molecule has 1 aliphatic rings. The van der Waals surface area contributed by atoms with Crippen molar-refractivity contribution in [1.29, 1.82) is 0 Å². The van der Waals surface area contributed by atoms with E-state index in [4.69, 9.17) is 0 Å². The minimum Gasteiger partial charge on any atom is -0.311 e. The van der Waals surface area contributed by atoms with E-state index < -0.39 is 0 Å². The van der Waals surface area contributed by atoms with Crippen LogP contribution in [0.15, 0.2) is 24.3 Å². The van der Waals surface area contributed by atoms with Crippen LogP contribution >= 0.6 is 0 Å². The number of aryl methyl sites for hydroxylation is 2. The molecule has 1 N–H and O–H groups in total. The van der Waals surface area contributed by atoms with Crippen molar-refractivity contribution >= 4 is 0 Å². The smallest absolute Gasteiger partial charge is 0.0182 e. The Labute approximate surface area is 106 Å². The lowest BCUT2D eigenvalue weighted by atomic mass is 9.81. The SMILES string of the molecule is CCC1(CCc2ccc(C)cc2)CCCCN1. The van der Waals surface area contributed by atoms with Crippen LogP contribution in [0.5, 0.6) is 0 Å². The molecule has 1 heterocycles. The van der Waals surface area contributed by atoms with Crippen LogP contribution in [0.3, 0.4) is 0 Å². The molecule has 1 saturated heterocycles. The van der Waals surface area contributed by atoms with Crippen molar-refractivity contribution in [3.8, 4) is 0 Å². The van der Waals surface area contributed by atoms with Gasteiger partial charge in [0.05, 0.1) is 0 Å². The summed E-state index contributed by atoms with van der Waals surface area (Å²) in [5.41, 5.74) is 3.26. The van der Waals surface area contributed by atoms with E-state index in [9.17, 15) is 0 Å². The van der Waals surface area contributed by atoms with Crippen LogP contribution in [0.2, 0.25) is 0 Å². The lowest BCUT2D eigenvalue weighted by molar-refractivity contribution is 0.229. The summed E-state index contributed by atoms with van der Waals surface area (Å²) < 4.78 is 0. The van der Waals surface area contributed by atoms with Crippen molar-refractivity contribution in [2.24, 2.45) is 0 Å². The molecule has 0 aliphatic carbocycles. The zero-order chi connectivity index (χ0) is 12.1. The molecule has 1 atom stereocenters. The molecule has 1 aliphatic heterocycles. The zero-order valence-electron chi connectivity index (χ0n) is 11.3. The average molecular weight is 231 g/mol. The van der Waals surface area contributed by atoms with Crippen LogP contribution in [0.25, 0.3) is 0 Å². The number of nitrogens with one attached hydrogen (secondary N) is 1. The number of hydrogen-bond acceptors (Lipinski definition) is 1. The molecule has 1 nitrogen and oxygen atoms in total. The highest BCUT2D eigenvalue weighted by Gasteiger charge is 2.28. The standard InChI is InChI=1S/C16H25N/c1-3-16(11-4-5-13-17-16)12-10-15-8-6-14(2)7-9-15/h6-9,17H,3-5,10-13H2,1-2H3. The monoisotopic (exact) mass is 231 g/mol. The predicted molar refractivity (Wildman–Crippen MR) is 74.4 cm³/mol. The molecule has 94 valence electrons. The molecule has 1 unspecified atom stereocenters. The van der Waals surface area contributed by atoms with Gasteiger partial charge in [-0.2, -0.15) is 0 Å². The van der Waals surface area contributed by atoms with E-state index in [1.165, 1.54) is 56.2 Å². The van der Waals surface area contributed by atoms with Crippen molar-refractivity contribution in [3.05, 3.63) is 35.4 Å². The molecule has 0 bridgehead atoms. The topological polar surface area (TPSA) is 12.0 Å². The van der Waals surface area contributed by atoms with Crippen molar-refractivity contribution < 1.29 is 0 Å². The molecular formula is C16H25N. The Hall–Kier alpha value is -0.820. The van der Waals surface area contributed by atoms with Crippen LogP contribution in [-0.2, 0) is 6.42 Å². The molecule has 1 aromatic rings. The second kappa shape index (κ2) is 5.68. The van der Waals surface area contributed by atoms with Gasteiger partial charge in [-0.25, -0.2) is 0 Å². The third-order valence-corrected chi connectivity index (χ3v) is 4.27. The maximum Gasteiger partial charge on any atom is 0.0182 e. The Morgan fingerprint density at radius 2 is 1.94 bits per heavy atom. The van der Waals surface area contributed by atoms with Gasteiger partial charge in [0, 0.05) is 5.54 Å². The Bertz CT molecular complexity index is 333. The van der Waals surface area contributed by atoms with Gasteiger partial charge in [0.25, 0.3) is 0 Å². The summed E-state index contributed by atoms with van der Waals surface area (Å²) in [6.07, 6.45) is 7.86. The van der Waals surface area contributed by atoms with Gasteiger partial charge >= 0.3 is 0 Å². The summed E-state index contributed by atoms with van der Waals surface area (Å²) in [5, 5.41) is 3.76. The van der Waals surface area contributed by atoms with Crippen molar-refractivity contribution in [2.45, 2.75) is 57.9 Å². The fraction of sp³-hybridized carbons (Fsp3) is 0.625. The minimum absolute atomic E-state index is 0.420. The maximum absolute atomic E-state index is 3.76. The molecule has 0 amide bonds. The van der Waals surface area contributed by atoms with Gasteiger partial charge in [-0.1, -0.05) is 43.2 Å². The number of hydrogen-bond donors (Lipinski definition) is 1. The van der Waals surface area contributed by atoms with Crippen molar-refractivity contribution in [3.63, 3.8) is 0 Å². The van der Waals surface area contributed by atoms with Gasteiger partial charge in [0.1, 0.15) is 0 Å². The normalized spacial score (nSPS) is 24.8. The quantitative estimate of drug-likeness (QED) is 0.830. The summed E-state index contributed by atoms with van der Waals surface area (Å²) >= 11 is 0. The zero-order valence-corrected chi connectivity index (χ0v) is 11.3. The molecule has 2 rings (SSSR count). The van der Waals surface area contributed by atoms with Crippen LogP contribution in [0, 0.1) is 6.92 Å². The van der Waals surface area contributed by atoms with Crippen LogP contribution in [0.1, 0.15) is 50.2 Å². The second-order valence-electron chi connectivity index (χ2n) is 5.50. The number of benzene rings is 1. The highest BCUT2D eigenvalue weighted by Crippen LogP contribution is 2.27. The van der Waals surface area contributed by atoms with E-state index in [2.05, 4.69) is 43.4 Å². The molecule has 0 radical (unpaired) electrons. The van der Waals surface area contributed by atoms with Gasteiger partial charge in [-0.15, -0.1) is 0 Å². The van der Waals surface area contributed by atoms with Gasteiger partial charge in [-0.05, 0) is 51.1 Å². The van der Waals surface area contributed by atoms with Crippen molar-refractivity contribution in [1.82, 2.24) is 5.32 Å². The van der Waals surface area contributed by atoms with E-state index >= 15 is 0 Å². The van der Waals surface area contributed by atoms with E-state index in [1.54, 1.807) is 0 Å². The largest absolute Gasteiger partial charge is 0.311 e. The molecule has 0 aromatic heterocycles. The first-order chi connectivity index (χ1) is 8.24. The third-order valence-electron chi connectivity index (χ3n) is 4.27. The highest BCUT2D eigenvalue weighted by molar-refractivity contribution is 5.21. The Morgan fingerprint density at radius 1 is 1.18 bits per heavy atom. The maximum atomic E-state index is 3.76. The van der Waals surface area contributed by atoms with Crippen LogP contribution in [-0.4, -0.2) is 12.1 Å². The Morgan fingerprint density at radius 3 is 2.53 bits per heavy atom. The number of piperidine rings is 1. The molecular weight excluding hydrogens is 206 g/mol. The summed E-state index contributed by atoms with van der Waals surface area (Å²) in [5.74, 6) is 0. The lowest BCUT2D eigenvalue weighted by Gasteiger charge is -2.38. The fourth-order valence-corrected chi connectivity index (χ4v) is 2.86. The number of rotatable bonds is 4. The van der Waals surface area contributed by atoms with Crippen LogP contribution in [0.4, 0.5) is 0 Å². The van der Waals surface area contributed by atoms with E-state index in [-0.39, 0.29) is 0 Å². The third kappa shape index (κ3) is 3.32. The van der Waals surface area contributed by atoms with Crippen molar-refractivity contribution in [2.75, 3.05) is 6.54 Å². The first kappa shape index (κ1) is 12.6. The van der Waals surface area contributed by atoms with Gasteiger partial charge < -0.3 is 5.32 Å². The summed E-state index contributed by atoms with van der Waals surface area (Å²) in [7, 11) is 0. The molecule has 1 heteroatoms. The molecule has 0 saturated carbocycles. The summed E-state index contributed by atoms with van der Waals surface area (Å²) in [4.78, 5) is 0. The molecule has 1 aromatic carbocycles. The highest BCUT2D eigenvalue weighted by atomic mass is 15.0. The molecule has 1 fully saturated rings. The average Bonchev–Trinajstić information content (AvgIpc) is 2.39. The van der Waals surface area contributed by atoms with Gasteiger partial charge in [-0.3, -0.25) is 0 Å². The molecule has 17 heavy (non-hydrogen) atoms. The Balaban J connectivity index is 1.93. The Kier molecular flexibility index (Phi) is 4.22. The van der Waals surface area contributed by atoms with E-state index in [0.29, 0.717) is 5.54 Å². The second-order valence-corrected chi connectivity index (χ2v) is 5.50.